The van der Waals surface area contributed by atoms with Gasteiger partial charge in [0.25, 0.3) is 0 Å². The Morgan fingerprint density at radius 3 is 2.93 bits per heavy atom. The first-order valence-corrected chi connectivity index (χ1v) is 5.98. The highest BCUT2D eigenvalue weighted by Gasteiger charge is 2.20. The minimum Gasteiger partial charge on any atom is -0.353 e. The molecular weight excluding hydrogens is 190 g/mol. The third-order valence-electron chi connectivity index (χ3n) is 2.76. The summed E-state index contributed by atoms with van der Waals surface area (Å²) in [6.07, 6.45) is 3.33. The van der Waals surface area contributed by atoms with E-state index in [9.17, 15) is 4.79 Å². The van der Waals surface area contributed by atoms with Crippen molar-refractivity contribution in [3.63, 3.8) is 0 Å². The molecule has 88 valence electrons. The standard InChI is InChI=1S/C11H23N3O/c1-3-12-9(2)8-14-11(15)10-6-4-5-7-13-10/h9-10,12-13H,3-8H2,1-2H3,(H,14,15)/t9-,10?/m1/s1. The lowest BCUT2D eigenvalue weighted by molar-refractivity contribution is -0.123. The number of amides is 1. The molecule has 1 heterocycles. The molecule has 4 heteroatoms. The Labute approximate surface area is 92.2 Å². The van der Waals surface area contributed by atoms with Gasteiger partial charge in [-0.05, 0) is 32.9 Å². The van der Waals surface area contributed by atoms with E-state index in [1.807, 2.05) is 0 Å². The molecule has 4 nitrogen and oxygen atoms in total. The van der Waals surface area contributed by atoms with E-state index in [0.717, 1.165) is 25.9 Å². The number of nitrogens with one attached hydrogen (secondary N) is 3. The molecule has 0 aromatic carbocycles. The Kier molecular flexibility index (Phi) is 5.65. The summed E-state index contributed by atoms with van der Waals surface area (Å²) in [4.78, 5) is 11.7. The maximum absolute atomic E-state index is 11.7. The van der Waals surface area contributed by atoms with Gasteiger partial charge in [0.2, 0.25) is 5.91 Å². The predicted molar refractivity (Wildman–Crippen MR) is 61.8 cm³/mol. The Morgan fingerprint density at radius 1 is 1.53 bits per heavy atom. The van der Waals surface area contributed by atoms with E-state index in [2.05, 4.69) is 29.8 Å². The Balaban J connectivity index is 2.16. The molecule has 0 bridgehead atoms. The van der Waals surface area contributed by atoms with Gasteiger partial charge < -0.3 is 16.0 Å². The van der Waals surface area contributed by atoms with Crippen molar-refractivity contribution in [3.05, 3.63) is 0 Å². The highest BCUT2D eigenvalue weighted by atomic mass is 16.2. The number of hydrogen-bond donors (Lipinski definition) is 3. The predicted octanol–water partition coefficient (Wildman–Crippen LogP) is 0.243. The van der Waals surface area contributed by atoms with Crippen LogP contribution in [0.2, 0.25) is 0 Å². The zero-order chi connectivity index (χ0) is 11.1. The number of hydrogen-bond acceptors (Lipinski definition) is 3. The van der Waals surface area contributed by atoms with Crippen molar-refractivity contribution in [3.8, 4) is 0 Å². The van der Waals surface area contributed by atoms with Gasteiger partial charge in [-0.25, -0.2) is 0 Å². The van der Waals surface area contributed by atoms with Gasteiger partial charge in [-0.1, -0.05) is 13.3 Å². The van der Waals surface area contributed by atoms with Gasteiger partial charge in [0.05, 0.1) is 6.04 Å². The van der Waals surface area contributed by atoms with E-state index >= 15 is 0 Å². The molecule has 0 aromatic rings. The lowest BCUT2D eigenvalue weighted by Crippen LogP contribution is -2.49. The molecular formula is C11H23N3O. The molecule has 1 rings (SSSR count). The van der Waals surface area contributed by atoms with Gasteiger partial charge >= 0.3 is 0 Å². The van der Waals surface area contributed by atoms with Crippen LogP contribution >= 0.6 is 0 Å². The molecule has 0 spiro atoms. The summed E-state index contributed by atoms with van der Waals surface area (Å²) < 4.78 is 0. The highest BCUT2D eigenvalue weighted by molar-refractivity contribution is 5.81. The van der Waals surface area contributed by atoms with Gasteiger partial charge in [-0.3, -0.25) is 4.79 Å². The molecule has 1 unspecified atom stereocenters. The Bertz CT molecular complexity index is 190. The number of piperidine rings is 1. The van der Waals surface area contributed by atoms with Crippen molar-refractivity contribution >= 4 is 5.91 Å². The minimum absolute atomic E-state index is 0.0348. The second kappa shape index (κ2) is 6.80. The molecule has 1 fully saturated rings. The van der Waals surface area contributed by atoms with Gasteiger partial charge in [0, 0.05) is 12.6 Å². The lowest BCUT2D eigenvalue weighted by Gasteiger charge is -2.23. The van der Waals surface area contributed by atoms with Crippen LogP contribution < -0.4 is 16.0 Å². The SMILES string of the molecule is CCN[C@H](C)CNC(=O)C1CCCCN1. The molecule has 0 saturated carbocycles. The summed E-state index contributed by atoms with van der Waals surface area (Å²) in [7, 11) is 0. The molecule has 1 aliphatic rings. The van der Waals surface area contributed by atoms with Crippen LogP contribution in [0.3, 0.4) is 0 Å². The van der Waals surface area contributed by atoms with Crippen LogP contribution in [0.15, 0.2) is 0 Å². The second-order valence-electron chi connectivity index (χ2n) is 4.21. The van der Waals surface area contributed by atoms with E-state index in [0.29, 0.717) is 12.6 Å². The van der Waals surface area contributed by atoms with Gasteiger partial charge in [0.15, 0.2) is 0 Å². The number of rotatable bonds is 5. The molecule has 0 aliphatic carbocycles. The molecule has 3 N–H and O–H groups in total. The summed E-state index contributed by atoms with van der Waals surface area (Å²) in [5, 5.41) is 9.48. The van der Waals surface area contributed by atoms with Crippen molar-refractivity contribution in [2.75, 3.05) is 19.6 Å². The van der Waals surface area contributed by atoms with Crippen LogP contribution in [0, 0.1) is 0 Å². The van der Waals surface area contributed by atoms with Crippen LogP contribution in [-0.2, 0) is 4.79 Å². The summed E-state index contributed by atoms with van der Waals surface area (Å²) >= 11 is 0. The van der Waals surface area contributed by atoms with Crippen LogP contribution in [0.5, 0.6) is 0 Å². The zero-order valence-corrected chi connectivity index (χ0v) is 9.81. The van der Waals surface area contributed by atoms with Crippen molar-refractivity contribution in [1.29, 1.82) is 0 Å². The van der Waals surface area contributed by atoms with E-state index < -0.39 is 0 Å². The van der Waals surface area contributed by atoms with Gasteiger partial charge in [-0.15, -0.1) is 0 Å². The molecule has 0 aromatic heterocycles. The van der Waals surface area contributed by atoms with E-state index in [1.54, 1.807) is 0 Å². The normalized spacial score (nSPS) is 23.5. The summed E-state index contributed by atoms with van der Waals surface area (Å²) in [5.41, 5.74) is 0. The van der Waals surface area contributed by atoms with Crippen LogP contribution in [0.1, 0.15) is 33.1 Å². The van der Waals surface area contributed by atoms with E-state index in [1.165, 1.54) is 6.42 Å². The smallest absolute Gasteiger partial charge is 0.237 e. The lowest BCUT2D eigenvalue weighted by atomic mass is 10.0. The van der Waals surface area contributed by atoms with E-state index in [4.69, 9.17) is 0 Å². The fourth-order valence-corrected chi connectivity index (χ4v) is 1.87. The summed E-state index contributed by atoms with van der Waals surface area (Å²) in [6, 6.07) is 0.384. The molecule has 15 heavy (non-hydrogen) atoms. The first kappa shape index (κ1) is 12.5. The topological polar surface area (TPSA) is 53.2 Å². The highest BCUT2D eigenvalue weighted by Crippen LogP contribution is 2.06. The molecule has 2 atom stereocenters. The van der Waals surface area contributed by atoms with Crippen LogP contribution in [-0.4, -0.2) is 37.6 Å². The maximum Gasteiger partial charge on any atom is 0.237 e. The fraction of sp³-hybridized carbons (Fsp3) is 0.909. The largest absolute Gasteiger partial charge is 0.353 e. The minimum atomic E-state index is 0.0348. The average Bonchev–Trinajstić information content (AvgIpc) is 2.27. The quantitative estimate of drug-likeness (QED) is 0.613. The third kappa shape index (κ3) is 4.62. The second-order valence-corrected chi connectivity index (χ2v) is 4.21. The van der Waals surface area contributed by atoms with Crippen molar-refractivity contribution < 1.29 is 4.79 Å². The number of carbonyl (C=O) groups excluding carboxylic acids is 1. The molecule has 1 saturated heterocycles. The Hall–Kier alpha value is -0.610. The van der Waals surface area contributed by atoms with Crippen LogP contribution in [0.25, 0.3) is 0 Å². The van der Waals surface area contributed by atoms with Crippen molar-refractivity contribution in [2.45, 2.75) is 45.2 Å². The van der Waals surface area contributed by atoms with Crippen molar-refractivity contribution in [1.82, 2.24) is 16.0 Å². The molecule has 0 radical (unpaired) electrons. The monoisotopic (exact) mass is 213 g/mol. The molecule has 1 aliphatic heterocycles. The first-order valence-electron chi connectivity index (χ1n) is 5.98. The molecule has 1 amide bonds. The first-order chi connectivity index (χ1) is 7.24. The average molecular weight is 213 g/mol. The van der Waals surface area contributed by atoms with Crippen molar-refractivity contribution in [2.24, 2.45) is 0 Å². The maximum atomic E-state index is 11.7. The third-order valence-corrected chi connectivity index (χ3v) is 2.76. The number of likely N-dealkylation sites (N-methyl/N-ethyl adjacent to an activating group) is 1. The zero-order valence-electron chi connectivity index (χ0n) is 9.81. The van der Waals surface area contributed by atoms with E-state index in [-0.39, 0.29) is 11.9 Å². The summed E-state index contributed by atoms with van der Waals surface area (Å²) in [6.45, 7) is 6.78. The van der Waals surface area contributed by atoms with Gasteiger partial charge in [-0.2, -0.15) is 0 Å². The van der Waals surface area contributed by atoms with Crippen LogP contribution in [0.4, 0.5) is 0 Å². The summed E-state index contributed by atoms with van der Waals surface area (Å²) in [5.74, 6) is 0.152. The fourth-order valence-electron chi connectivity index (χ4n) is 1.87. The Morgan fingerprint density at radius 2 is 2.33 bits per heavy atom. The van der Waals surface area contributed by atoms with Gasteiger partial charge in [0.1, 0.15) is 0 Å². The number of carbonyl (C=O) groups is 1.